The summed E-state index contributed by atoms with van der Waals surface area (Å²) in [6.07, 6.45) is 0. The molecule has 122 valence electrons. The average molecular weight is 308 g/mol. The minimum atomic E-state index is 0.0844. The molecule has 1 heterocycles. The Bertz CT molecular complexity index is 633. The molecule has 0 N–H and O–H groups in total. The lowest BCUT2D eigenvalue weighted by molar-refractivity contribution is 0.309. The topological polar surface area (TPSA) is 6.48 Å². The van der Waals surface area contributed by atoms with Crippen LogP contribution in [-0.4, -0.2) is 37.6 Å². The first-order valence-corrected chi connectivity index (χ1v) is 8.81. The van der Waals surface area contributed by atoms with Crippen LogP contribution in [0.3, 0.4) is 0 Å². The Morgan fingerprint density at radius 3 is 2.30 bits per heavy atom. The Kier molecular flexibility index (Phi) is 4.72. The van der Waals surface area contributed by atoms with E-state index in [4.69, 9.17) is 0 Å². The molecule has 1 aliphatic heterocycles. The van der Waals surface area contributed by atoms with Gasteiger partial charge in [0.1, 0.15) is 0 Å². The molecule has 0 radical (unpaired) electrons. The second-order valence-electron chi connectivity index (χ2n) is 6.66. The van der Waals surface area contributed by atoms with Crippen molar-refractivity contribution in [3.05, 3.63) is 65.7 Å². The summed E-state index contributed by atoms with van der Waals surface area (Å²) in [4.78, 5) is 5.07. The van der Waals surface area contributed by atoms with Crippen LogP contribution in [0.1, 0.15) is 31.9 Å². The van der Waals surface area contributed by atoms with Crippen LogP contribution < -0.4 is 4.90 Å². The molecular formula is C21H28N2. The Hall–Kier alpha value is -1.80. The van der Waals surface area contributed by atoms with E-state index < -0.39 is 0 Å². The molecule has 0 amide bonds. The van der Waals surface area contributed by atoms with E-state index in [2.05, 4.69) is 85.2 Å². The zero-order valence-electron chi connectivity index (χ0n) is 14.6. The molecule has 0 aliphatic carbocycles. The number of para-hydroxylation sites is 1. The number of fused-ring (bicyclic) bond motifs is 1. The summed E-state index contributed by atoms with van der Waals surface area (Å²) < 4.78 is 0. The third-order valence-electron chi connectivity index (χ3n) is 5.34. The van der Waals surface area contributed by atoms with Gasteiger partial charge in [-0.25, -0.2) is 0 Å². The first-order chi connectivity index (χ1) is 11.2. The highest BCUT2D eigenvalue weighted by molar-refractivity contribution is 5.65. The summed E-state index contributed by atoms with van der Waals surface area (Å²) in [5.74, 6) is 0. The summed E-state index contributed by atoms with van der Waals surface area (Å²) in [6.45, 7) is 12.4. The van der Waals surface area contributed by atoms with Crippen molar-refractivity contribution in [1.29, 1.82) is 0 Å². The molecule has 2 nitrogen and oxygen atoms in total. The number of hydrogen-bond donors (Lipinski definition) is 0. The largest absolute Gasteiger partial charge is 0.369 e. The van der Waals surface area contributed by atoms with Crippen LogP contribution in [-0.2, 0) is 5.41 Å². The fourth-order valence-electron chi connectivity index (χ4n) is 3.82. The highest BCUT2D eigenvalue weighted by Gasteiger charge is 2.39. The van der Waals surface area contributed by atoms with E-state index in [9.17, 15) is 0 Å². The lowest BCUT2D eigenvalue weighted by atomic mass is 9.78. The Balaban J connectivity index is 1.88. The van der Waals surface area contributed by atoms with Crippen LogP contribution in [0.2, 0.25) is 0 Å². The van der Waals surface area contributed by atoms with Crippen LogP contribution in [0.25, 0.3) is 0 Å². The van der Waals surface area contributed by atoms with Crippen LogP contribution in [0, 0.1) is 0 Å². The summed E-state index contributed by atoms with van der Waals surface area (Å²) in [5.41, 5.74) is 4.37. The molecule has 2 aromatic carbocycles. The lowest BCUT2D eigenvalue weighted by Crippen LogP contribution is -2.37. The van der Waals surface area contributed by atoms with Gasteiger partial charge in [0.05, 0.1) is 0 Å². The van der Waals surface area contributed by atoms with Crippen molar-refractivity contribution in [2.24, 2.45) is 0 Å². The highest BCUT2D eigenvalue weighted by Crippen LogP contribution is 2.44. The number of rotatable bonds is 6. The molecule has 0 bridgehead atoms. The van der Waals surface area contributed by atoms with Crippen molar-refractivity contribution < 1.29 is 0 Å². The minimum Gasteiger partial charge on any atom is -0.369 e. The van der Waals surface area contributed by atoms with Crippen LogP contribution in [0.5, 0.6) is 0 Å². The molecule has 0 aromatic heterocycles. The normalized spacial score (nSPS) is 20.1. The maximum Gasteiger partial charge on any atom is 0.0409 e. The van der Waals surface area contributed by atoms with E-state index in [1.165, 1.54) is 16.8 Å². The van der Waals surface area contributed by atoms with Gasteiger partial charge in [0.15, 0.2) is 0 Å². The quantitative estimate of drug-likeness (QED) is 0.791. The van der Waals surface area contributed by atoms with Gasteiger partial charge in [0.25, 0.3) is 0 Å². The molecule has 1 aliphatic rings. The van der Waals surface area contributed by atoms with Gasteiger partial charge < -0.3 is 9.80 Å². The standard InChI is InChI=1S/C21H28N2/c1-4-22(5-2)15-16-23-17-21(3,18-11-7-6-8-12-18)19-13-9-10-14-20(19)23/h6-14H,4-5,15-17H2,1-3H3. The molecule has 2 aromatic rings. The van der Waals surface area contributed by atoms with Crippen molar-refractivity contribution in [1.82, 2.24) is 4.90 Å². The average Bonchev–Trinajstić information content (AvgIpc) is 2.91. The lowest BCUT2D eigenvalue weighted by Gasteiger charge is -2.28. The van der Waals surface area contributed by atoms with Gasteiger partial charge in [-0.05, 0) is 37.2 Å². The Labute approximate surface area is 140 Å². The van der Waals surface area contributed by atoms with Gasteiger partial charge in [-0.3, -0.25) is 0 Å². The van der Waals surface area contributed by atoms with Crippen LogP contribution in [0.4, 0.5) is 5.69 Å². The van der Waals surface area contributed by atoms with Gasteiger partial charge in [-0.2, -0.15) is 0 Å². The van der Waals surface area contributed by atoms with Gasteiger partial charge >= 0.3 is 0 Å². The van der Waals surface area contributed by atoms with Gasteiger partial charge in [0.2, 0.25) is 0 Å². The van der Waals surface area contributed by atoms with E-state index >= 15 is 0 Å². The van der Waals surface area contributed by atoms with E-state index in [1.807, 2.05) is 0 Å². The molecule has 1 unspecified atom stereocenters. The molecular weight excluding hydrogens is 280 g/mol. The van der Waals surface area contributed by atoms with Crippen molar-refractivity contribution in [2.45, 2.75) is 26.2 Å². The number of hydrogen-bond acceptors (Lipinski definition) is 2. The SMILES string of the molecule is CCN(CC)CCN1CC(C)(c2ccccc2)c2ccccc21. The molecule has 1 atom stereocenters. The maximum absolute atomic E-state index is 2.57. The third-order valence-corrected chi connectivity index (χ3v) is 5.34. The Morgan fingerprint density at radius 1 is 0.957 bits per heavy atom. The van der Waals surface area contributed by atoms with Gasteiger partial charge in [0, 0.05) is 30.7 Å². The summed E-state index contributed by atoms with van der Waals surface area (Å²) in [5, 5.41) is 0. The maximum atomic E-state index is 2.57. The summed E-state index contributed by atoms with van der Waals surface area (Å²) in [7, 11) is 0. The fourth-order valence-corrected chi connectivity index (χ4v) is 3.82. The highest BCUT2D eigenvalue weighted by atomic mass is 15.2. The molecule has 23 heavy (non-hydrogen) atoms. The molecule has 0 fully saturated rings. The molecule has 0 saturated heterocycles. The van der Waals surface area contributed by atoms with E-state index in [1.54, 1.807) is 0 Å². The number of likely N-dealkylation sites (N-methyl/N-ethyl adjacent to an activating group) is 1. The fraction of sp³-hybridized carbons (Fsp3) is 0.429. The first kappa shape index (κ1) is 16.1. The van der Waals surface area contributed by atoms with E-state index in [0.717, 1.165) is 32.7 Å². The molecule has 3 rings (SSSR count). The van der Waals surface area contributed by atoms with Crippen molar-refractivity contribution in [3.8, 4) is 0 Å². The number of anilines is 1. The zero-order chi connectivity index (χ0) is 16.3. The number of benzene rings is 2. The minimum absolute atomic E-state index is 0.0844. The smallest absolute Gasteiger partial charge is 0.0409 e. The van der Waals surface area contributed by atoms with Crippen molar-refractivity contribution >= 4 is 5.69 Å². The zero-order valence-corrected chi connectivity index (χ0v) is 14.6. The van der Waals surface area contributed by atoms with Crippen LogP contribution in [0.15, 0.2) is 54.6 Å². The predicted octanol–water partition coefficient (Wildman–Crippen LogP) is 4.15. The van der Waals surface area contributed by atoms with Crippen LogP contribution >= 0.6 is 0 Å². The summed E-state index contributed by atoms with van der Waals surface area (Å²) in [6, 6.07) is 19.9. The summed E-state index contributed by atoms with van der Waals surface area (Å²) >= 11 is 0. The Morgan fingerprint density at radius 2 is 1.61 bits per heavy atom. The van der Waals surface area contributed by atoms with E-state index in [0.29, 0.717) is 0 Å². The van der Waals surface area contributed by atoms with Crippen molar-refractivity contribution in [2.75, 3.05) is 37.6 Å². The molecule has 0 saturated carbocycles. The predicted molar refractivity (Wildman–Crippen MR) is 99.3 cm³/mol. The molecule has 0 spiro atoms. The van der Waals surface area contributed by atoms with Crippen molar-refractivity contribution in [3.63, 3.8) is 0 Å². The second-order valence-corrected chi connectivity index (χ2v) is 6.66. The van der Waals surface area contributed by atoms with Gasteiger partial charge in [-0.1, -0.05) is 62.4 Å². The first-order valence-electron chi connectivity index (χ1n) is 8.81. The van der Waals surface area contributed by atoms with Gasteiger partial charge in [-0.15, -0.1) is 0 Å². The monoisotopic (exact) mass is 308 g/mol. The number of nitrogens with zero attached hydrogens (tertiary/aromatic N) is 2. The van der Waals surface area contributed by atoms with E-state index in [-0.39, 0.29) is 5.41 Å². The second kappa shape index (κ2) is 6.76. The molecule has 2 heteroatoms. The third kappa shape index (κ3) is 3.00.